The van der Waals surface area contributed by atoms with E-state index in [2.05, 4.69) is 310 Å². The lowest BCUT2D eigenvalue weighted by atomic mass is 10.0. The second-order valence-corrected chi connectivity index (χ2v) is 19.8. The first-order chi connectivity index (χ1) is 37.7. The molecular weight excluding hydrogens is 921 g/mol. The fraction of sp³-hybridized carbons (Fsp3) is 0. The quantitative estimate of drug-likeness (QED) is 0.143. The lowest BCUT2D eigenvalue weighted by molar-refractivity contribution is 1.18. The van der Waals surface area contributed by atoms with Crippen LogP contribution in [0.4, 0.5) is 34.1 Å². The average molecular weight is 969 g/mol. The zero-order chi connectivity index (χ0) is 50.1. The number of benzene rings is 13. The van der Waals surface area contributed by atoms with Crippen molar-refractivity contribution in [1.82, 2.24) is 9.13 Å². The van der Waals surface area contributed by atoms with E-state index in [1.807, 2.05) is 0 Å². The van der Waals surface area contributed by atoms with Gasteiger partial charge in [-0.3, -0.25) is 0 Å². The molecule has 0 saturated carbocycles. The molecule has 2 aromatic heterocycles. The Hall–Kier alpha value is -10.2. The fourth-order valence-corrected chi connectivity index (χ4v) is 11.8. The molecule has 0 spiro atoms. The summed E-state index contributed by atoms with van der Waals surface area (Å²) in [5, 5.41) is 12.2. The normalized spacial score (nSPS) is 11.7. The van der Waals surface area contributed by atoms with E-state index in [1.165, 1.54) is 75.9 Å². The Balaban J connectivity index is 0.798. The highest BCUT2D eigenvalue weighted by Gasteiger charge is 2.21. The minimum absolute atomic E-state index is 1.08. The molecule has 15 rings (SSSR count). The van der Waals surface area contributed by atoms with Crippen molar-refractivity contribution < 1.29 is 0 Å². The Morgan fingerprint density at radius 3 is 1.01 bits per heavy atom. The van der Waals surface area contributed by atoms with Crippen molar-refractivity contribution in [1.29, 1.82) is 0 Å². The van der Waals surface area contributed by atoms with Gasteiger partial charge in [-0.15, -0.1) is 0 Å². The zero-order valence-electron chi connectivity index (χ0n) is 41.5. The van der Waals surface area contributed by atoms with Crippen molar-refractivity contribution in [3.05, 3.63) is 291 Å². The molecule has 0 bridgehead atoms. The van der Waals surface area contributed by atoms with Gasteiger partial charge in [-0.2, -0.15) is 0 Å². The van der Waals surface area contributed by atoms with Crippen LogP contribution in [0.1, 0.15) is 0 Å². The Labute approximate surface area is 440 Å². The number of anilines is 6. The van der Waals surface area contributed by atoms with Crippen LogP contribution in [0.3, 0.4) is 0 Å². The summed E-state index contributed by atoms with van der Waals surface area (Å²) in [5.74, 6) is 0. The number of aromatic nitrogens is 2. The Kier molecular flexibility index (Phi) is 10.2. The molecule has 356 valence electrons. The van der Waals surface area contributed by atoms with Crippen LogP contribution in [0.5, 0.6) is 0 Å². The third-order valence-electron chi connectivity index (χ3n) is 15.4. The predicted molar refractivity (Wildman–Crippen MR) is 322 cm³/mol. The number of hydrogen-bond donors (Lipinski definition) is 0. The third-order valence-corrected chi connectivity index (χ3v) is 15.4. The highest BCUT2D eigenvalue weighted by molar-refractivity contribution is 6.12. The maximum Gasteiger partial charge on any atom is 0.0542 e. The maximum atomic E-state index is 2.41. The van der Waals surface area contributed by atoms with Crippen molar-refractivity contribution in [2.45, 2.75) is 0 Å². The molecule has 0 aliphatic heterocycles. The SMILES string of the molecule is c1ccc(N(c2ccc(-c3ccc(N(c4ccc5ccccc5c4)c4ccc5c(c4)c4ccccc4n5-c4ccc5ccccc5c4)cc3)cc2)c2ccc3c(c2)c2ccccc2n3-c2ccc3ccccc3c2)cc1. The van der Waals surface area contributed by atoms with Gasteiger partial charge in [0.25, 0.3) is 0 Å². The Morgan fingerprint density at radius 2 is 0.526 bits per heavy atom. The van der Waals surface area contributed by atoms with Crippen LogP contribution in [-0.2, 0) is 0 Å². The van der Waals surface area contributed by atoms with Crippen LogP contribution in [0.15, 0.2) is 291 Å². The van der Waals surface area contributed by atoms with E-state index in [0.717, 1.165) is 56.6 Å². The van der Waals surface area contributed by atoms with Crippen molar-refractivity contribution in [3.63, 3.8) is 0 Å². The fourth-order valence-electron chi connectivity index (χ4n) is 11.8. The van der Waals surface area contributed by atoms with Gasteiger partial charge in [-0.1, -0.05) is 170 Å². The molecular formula is C72H48N4. The summed E-state index contributed by atoms with van der Waals surface area (Å²) in [7, 11) is 0. The Bertz CT molecular complexity index is 4700. The minimum Gasteiger partial charge on any atom is -0.310 e. The van der Waals surface area contributed by atoms with Crippen LogP contribution in [0, 0.1) is 0 Å². The minimum atomic E-state index is 1.08. The standard InChI is InChI=1S/C72H48N4/c1-2-20-57(21-3-1)73(63-40-42-71-67(47-63)65-22-10-12-24-69(65)75(71)61-38-31-50-15-5-8-18-55(50)45-61)58-33-26-52(27-34-58)53-28-35-59(36-29-53)74(60-37-30-49-14-4-7-17-54(49)44-60)64-41-43-72-68(48-64)66-23-11-13-25-70(66)76(72)62-39-32-51-16-6-9-19-56(51)46-62/h1-48H. The first kappa shape index (κ1) is 43.4. The predicted octanol–water partition coefficient (Wildman–Crippen LogP) is 19.9. The van der Waals surface area contributed by atoms with Gasteiger partial charge in [0.2, 0.25) is 0 Å². The van der Waals surface area contributed by atoms with Crippen LogP contribution >= 0.6 is 0 Å². The van der Waals surface area contributed by atoms with E-state index >= 15 is 0 Å². The van der Waals surface area contributed by atoms with Crippen LogP contribution in [0.25, 0.3) is 98.4 Å². The first-order valence-electron chi connectivity index (χ1n) is 26.1. The molecule has 4 heteroatoms. The number of fused-ring (bicyclic) bond motifs is 9. The van der Waals surface area contributed by atoms with Crippen molar-refractivity contribution >= 4 is 110 Å². The van der Waals surface area contributed by atoms with Gasteiger partial charge in [-0.05, 0) is 165 Å². The summed E-state index contributed by atoms with van der Waals surface area (Å²) >= 11 is 0. The van der Waals surface area contributed by atoms with Crippen LogP contribution < -0.4 is 9.80 Å². The Morgan fingerprint density at radius 1 is 0.197 bits per heavy atom. The van der Waals surface area contributed by atoms with E-state index in [1.54, 1.807) is 0 Å². The largest absolute Gasteiger partial charge is 0.310 e. The summed E-state index contributed by atoms with van der Waals surface area (Å²) in [6, 6.07) is 106. The second kappa shape index (κ2) is 17.8. The molecule has 0 atom stereocenters. The lowest BCUT2D eigenvalue weighted by Crippen LogP contribution is -2.10. The van der Waals surface area contributed by atoms with Crippen LogP contribution in [-0.4, -0.2) is 9.13 Å². The van der Waals surface area contributed by atoms with E-state index in [9.17, 15) is 0 Å². The van der Waals surface area contributed by atoms with E-state index in [-0.39, 0.29) is 0 Å². The number of rotatable bonds is 9. The maximum absolute atomic E-state index is 2.41. The number of para-hydroxylation sites is 3. The summed E-state index contributed by atoms with van der Waals surface area (Å²) in [6.45, 7) is 0. The van der Waals surface area contributed by atoms with Crippen LogP contribution in [0.2, 0.25) is 0 Å². The van der Waals surface area contributed by atoms with Gasteiger partial charge in [-0.25, -0.2) is 0 Å². The van der Waals surface area contributed by atoms with Crippen molar-refractivity contribution in [2.24, 2.45) is 0 Å². The van der Waals surface area contributed by atoms with Gasteiger partial charge < -0.3 is 18.9 Å². The first-order valence-corrected chi connectivity index (χ1v) is 26.1. The summed E-state index contributed by atoms with van der Waals surface area (Å²) in [4.78, 5) is 4.76. The van der Waals surface area contributed by atoms with Gasteiger partial charge in [0.05, 0.1) is 22.1 Å². The molecule has 0 fully saturated rings. The highest BCUT2D eigenvalue weighted by atomic mass is 15.1. The molecule has 0 unspecified atom stereocenters. The molecule has 15 aromatic rings. The molecule has 2 heterocycles. The monoisotopic (exact) mass is 968 g/mol. The summed E-state index contributed by atoms with van der Waals surface area (Å²) < 4.78 is 4.81. The van der Waals surface area contributed by atoms with Gasteiger partial charge in [0, 0.05) is 67.0 Å². The molecule has 13 aromatic carbocycles. The molecule has 0 N–H and O–H groups in total. The molecule has 0 amide bonds. The number of hydrogen-bond acceptors (Lipinski definition) is 2. The van der Waals surface area contributed by atoms with E-state index in [4.69, 9.17) is 0 Å². The van der Waals surface area contributed by atoms with Crippen molar-refractivity contribution in [2.75, 3.05) is 9.80 Å². The summed E-state index contributed by atoms with van der Waals surface area (Å²) in [5.41, 5.74) is 15.9. The molecule has 0 aliphatic carbocycles. The van der Waals surface area contributed by atoms with E-state index in [0.29, 0.717) is 0 Å². The third kappa shape index (κ3) is 7.30. The topological polar surface area (TPSA) is 16.3 Å². The average Bonchev–Trinajstić information content (AvgIpc) is 4.00. The molecule has 0 aliphatic rings. The van der Waals surface area contributed by atoms with E-state index < -0.39 is 0 Å². The zero-order valence-corrected chi connectivity index (χ0v) is 41.5. The second-order valence-electron chi connectivity index (χ2n) is 19.8. The molecule has 76 heavy (non-hydrogen) atoms. The van der Waals surface area contributed by atoms with Gasteiger partial charge >= 0.3 is 0 Å². The van der Waals surface area contributed by atoms with Gasteiger partial charge in [0.15, 0.2) is 0 Å². The lowest BCUT2D eigenvalue weighted by Gasteiger charge is -2.27. The van der Waals surface area contributed by atoms with Gasteiger partial charge in [0.1, 0.15) is 0 Å². The highest BCUT2D eigenvalue weighted by Crippen LogP contribution is 2.44. The number of nitrogens with zero attached hydrogens (tertiary/aromatic N) is 4. The molecule has 4 nitrogen and oxygen atoms in total. The summed E-state index contributed by atoms with van der Waals surface area (Å²) in [6.07, 6.45) is 0. The molecule has 0 radical (unpaired) electrons. The molecule has 0 saturated heterocycles. The van der Waals surface area contributed by atoms with Crippen molar-refractivity contribution in [3.8, 4) is 22.5 Å². The smallest absolute Gasteiger partial charge is 0.0542 e.